The van der Waals surface area contributed by atoms with Gasteiger partial charge in [-0.2, -0.15) is 13.2 Å². The highest BCUT2D eigenvalue weighted by Gasteiger charge is 2.31. The highest BCUT2D eigenvalue weighted by molar-refractivity contribution is 5.40. The Bertz CT molecular complexity index is 445. The van der Waals surface area contributed by atoms with Gasteiger partial charge in [0, 0.05) is 25.8 Å². The van der Waals surface area contributed by atoms with E-state index in [0.29, 0.717) is 5.82 Å². The van der Waals surface area contributed by atoms with Gasteiger partial charge < -0.3 is 9.80 Å². The number of hydrogen-bond acceptors (Lipinski definition) is 3. The van der Waals surface area contributed by atoms with Crippen molar-refractivity contribution in [2.24, 2.45) is 0 Å². The Hall–Kier alpha value is -1.30. The number of unbranched alkanes of at least 4 members (excludes halogenated alkanes) is 2. The summed E-state index contributed by atoms with van der Waals surface area (Å²) in [6, 6.07) is 2.60. The lowest BCUT2D eigenvalue weighted by atomic mass is 10.2. The SMILES string of the molecule is CCCCCN1CCCN(c2ccc(C(F)(F)F)cn2)CC1. The number of rotatable bonds is 5. The van der Waals surface area contributed by atoms with Crippen molar-refractivity contribution in [3.63, 3.8) is 0 Å². The van der Waals surface area contributed by atoms with Crippen LogP contribution in [0.2, 0.25) is 0 Å². The van der Waals surface area contributed by atoms with Crippen LogP contribution in [0.1, 0.15) is 38.2 Å². The molecule has 0 atom stereocenters. The first-order chi connectivity index (χ1) is 10.5. The standard InChI is InChI=1S/C16H24F3N3/c1-2-3-4-8-21-9-5-10-22(12-11-21)15-7-6-14(13-20-15)16(17,18)19/h6-7,13H,2-5,8-12H2,1H3. The molecule has 0 aromatic carbocycles. The zero-order chi connectivity index (χ0) is 16.0. The molecular formula is C16H24F3N3. The molecule has 1 saturated heterocycles. The number of aromatic nitrogens is 1. The van der Waals surface area contributed by atoms with Crippen molar-refractivity contribution in [3.05, 3.63) is 23.9 Å². The summed E-state index contributed by atoms with van der Waals surface area (Å²) in [5.41, 5.74) is -0.688. The summed E-state index contributed by atoms with van der Waals surface area (Å²) in [5.74, 6) is 0.642. The first-order valence-electron chi connectivity index (χ1n) is 8.01. The molecule has 124 valence electrons. The molecule has 1 aromatic heterocycles. The fourth-order valence-electron chi connectivity index (χ4n) is 2.75. The van der Waals surface area contributed by atoms with Crippen LogP contribution in [0.5, 0.6) is 0 Å². The molecular weight excluding hydrogens is 291 g/mol. The molecule has 1 aromatic rings. The molecule has 1 fully saturated rings. The molecule has 0 aliphatic carbocycles. The van der Waals surface area contributed by atoms with Crippen LogP contribution < -0.4 is 4.90 Å². The third-order valence-corrected chi connectivity index (χ3v) is 4.07. The summed E-state index contributed by atoms with van der Waals surface area (Å²) in [5, 5.41) is 0. The predicted octanol–water partition coefficient (Wildman–Crippen LogP) is 3.80. The van der Waals surface area contributed by atoms with Gasteiger partial charge in [-0.15, -0.1) is 0 Å². The van der Waals surface area contributed by atoms with E-state index in [1.807, 2.05) is 0 Å². The van der Waals surface area contributed by atoms with Crippen LogP contribution in [0.25, 0.3) is 0 Å². The summed E-state index contributed by atoms with van der Waals surface area (Å²) in [4.78, 5) is 8.53. The van der Waals surface area contributed by atoms with Crippen molar-refractivity contribution in [2.45, 2.75) is 38.8 Å². The van der Waals surface area contributed by atoms with Gasteiger partial charge in [-0.3, -0.25) is 0 Å². The number of alkyl halides is 3. The van der Waals surface area contributed by atoms with Gasteiger partial charge in [0.2, 0.25) is 0 Å². The molecule has 3 nitrogen and oxygen atoms in total. The largest absolute Gasteiger partial charge is 0.417 e. The van der Waals surface area contributed by atoms with Crippen LogP contribution in [0.4, 0.5) is 19.0 Å². The van der Waals surface area contributed by atoms with Crippen molar-refractivity contribution in [2.75, 3.05) is 37.6 Å². The van der Waals surface area contributed by atoms with Gasteiger partial charge in [0.25, 0.3) is 0 Å². The Kier molecular flexibility index (Phi) is 6.06. The summed E-state index contributed by atoms with van der Waals surface area (Å²) in [6.07, 6.45) is 1.32. The molecule has 0 unspecified atom stereocenters. The van der Waals surface area contributed by atoms with Gasteiger partial charge in [0.1, 0.15) is 5.82 Å². The molecule has 0 N–H and O–H groups in total. The summed E-state index contributed by atoms with van der Waals surface area (Å²) < 4.78 is 37.7. The molecule has 1 aliphatic rings. The predicted molar refractivity (Wildman–Crippen MR) is 82.0 cm³/mol. The Morgan fingerprint density at radius 1 is 1.09 bits per heavy atom. The lowest BCUT2D eigenvalue weighted by Crippen LogP contribution is -2.31. The normalized spacial score (nSPS) is 17.5. The molecule has 0 spiro atoms. The Morgan fingerprint density at radius 2 is 1.91 bits per heavy atom. The van der Waals surface area contributed by atoms with Crippen LogP contribution >= 0.6 is 0 Å². The Labute approximate surface area is 130 Å². The first kappa shape index (κ1) is 17.1. The average molecular weight is 315 g/mol. The number of pyridine rings is 1. The van der Waals surface area contributed by atoms with E-state index in [-0.39, 0.29) is 0 Å². The van der Waals surface area contributed by atoms with Crippen LogP contribution in [0, 0.1) is 0 Å². The van der Waals surface area contributed by atoms with E-state index in [4.69, 9.17) is 0 Å². The van der Waals surface area contributed by atoms with E-state index < -0.39 is 11.7 Å². The highest BCUT2D eigenvalue weighted by atomic mass is 19.4. The number of nitrogens with zero attached hydrogens (tertiary/aromatic N) is 3. The Morgan fingerprint density at radius 3 is 2.55 bits per heavy atom. The lowest BCUT2D eigenvalue weighted by molar-refractivity contribution is -0.137. The Balaban J connectivity index is 1.90. The fraction of sp³-hybridized carbons (Fsp3) is 0.688. The van der Waals surface area contributed by atoms with Crippen molar-refractivity contribution in [3.8, 4) is 0 Å². The molecule has 0 amide bonds. The second-order valence-electron chi connectivity index (χ2n) is 5.79. The third-order valence-electron chi connectivity index (χ3n) is 4.07. The van der Waals surface area contributed by atoms with Crippen molar-refractivity contribution < 1.29 is 13.2 Å². The van der Waals surface area contributed by atoms with Gasteiger partial charge in [-0.05, 0) is 38.1 Å². The quantitative estimate of drug-likeness (QED) is 0.770. The van der Waals surface area contributed by atoms with Crippen LogP contribution in [-0.2, 0) is 6.18 Å². The second-order valence-corrected chi connectivity index (χ2v) is 5.79. The maximum Gasteiger partial charge on any atom is 0.417 e. The summed E-state index contributed by atoms with van der Waals surface area (Å²) >= 11 is 0. The van der Waals surface area contributed by atoms with Crippen LogP contribution in [-0.4, -0.2) is 42.6 Å². The van der Waals surface area contributed by atoms with Gasteiger partial charge >= 0.3 is 6.18 Å². The van der Waals surface area contributed by atoms with Crippen molar-refractivity contribution >= 4 is 5.82 Å². The smallest absolute Gasteiger partial charge is 0.355 e. The van der Waals surface area contributed by atoms with E-state index >= 15 is 0 Å². The van der Waals surface area contributed by atoms with E-state index in [9.17, 15) is 13.2 Å². The third kappa shape index (κ3) is 4.87. The molecule has 2 rings (SSSR count). The second kappa shape index (κ2) is 7.81. The molecule has 22 heavy (non-hydrogen) atoms. The number of halogens is 3. The molecule has 0 saturated carbocycles. The minimum atomic E-state index is -4.32. The van der Waals surface area contributed by atoms with E-state index in [1.165, 1.54) is 25.3 Å². The zero-order valence-corrected chi connectivity index (χ0v) is 13.1. The van der Waals surface area contributed by atoms with Gasteiger partial charge in [-0.1, -0.05) is 19.8 Å². The van der Waals surface area contributed by atoms with E-state index in [2.05, 4.69) is 21.7 Å². The van der Waals surface area contributed by atoms with E-state index in [0.717, 1.165) is 51.4 Å². The number of anilines is 1. The molecule has 0 radical (unpaired) electrons. The van der Waals surface area contributed by atoms with E-state index in [1.54, 1.807) is 0 Å². The maximum atomic E-state index is 12.6. The minimum absolute atomic E-state index is 0.642. The lowest BCUT2D eigenvalue weighted by Gasteiger charge is -2.23. The monoisotopic (exact) mass is 315 g/mol. The average Bonchev–Trinajstić information content (AvgIpc) is 2.73. The molecule has 1 aliphatic heterocycles. The minimum Gasteiger partial charge on any atom is -0.355 e. The first-order valence-corrected chi connectivity index (χ1v) is 8.01. The van der Waals surface area contributed by atoms with Crippen LogP contribution in [0.15, 0.2) is 18.3 Å². The van der Waals surface area contributed by atoms with Crippen molar-refractivity contribution in [1.29, 1.82) is 0 Å². The van der Waals surface area contributed by atoms with Gasteiger partial charge in [0.05, 0.1) is 5.56 Å². The summed E-state index contributed by atoms with van der Waals surface area (Å²) in [6.45, 7) is 6.99. The number of hydrogen-bond donors (Lipinski definition) is 0. The zero-order valence-electron chi connectivity index (χ0n) is 13.1. The summed E-state index contributed by atoms with van der Waals surface area (Å²) in [7, 11) is 0. The highest BCUT2D eigenvalue weighted by Crippen LogP contribution is 2.29. The molecule has 2 heterocycles. The van der Waals surface area contributed by atoms with Gasteiger partial charge in [-0.25, -0.2) is 4.98 Å². The van der Waals surface area contributed by atoms with Gasteiger partial charge in [0.15, 0.2) is 0 Å². The topological polar surface area (TPSA) is 19.4 Å². The fourth-order valence-corrected chi connectivity index (χ4v) is 2.75. The van der Waals surface area contributed by atoms with Crippen LogP contribution in [0.3, 0.4) is 0 Å². The molecule has 0 bridgehead atoms. The van der Waals surface area contributed by atoms with Crippen molar-refractivity contribution in [1.82, 2.24) is 9.88 Å². The molecule has 6 heteroatoms. The maximum absolute atomic E-state index is 12.6.